The summed E-state index contributed by atoms with van der Waals surface area (Å²) in [5, 5.41) is -4.42. The number of hydrogen-bond acceptors (Lipinski definition) is 6. The van der Waals surface area contributed by atoms with Crippen molar-refractivity contribution in [3.63, 3.8) is 0 Å². The normalized spacial score (nSPS) is 31.2. The molecule has 4 fully saturated rings. The van der Waals surface area contributed by atoms with Gasteiger partial charge in [0.2, 0.25) is 11.4 Å². The minimum absolute atomic E-state index is 0.0324. The zero-order chi connectivity index (χ0) is 36.4. The number of esters is 2. The first-order valence-electron chi connectivity index (χ1n) is 16.7. The van der Waals surface area contributed by atoms with E-state index in [1.54, 1.807) is 0 Å². The number of benzene rings is 3. The van der Waals surface area contributed by atoms with E-state index in [0.29, 0.717) is 19.3 Å². The van der Waals surface area contributed by atoms with Gasteiger partial charge in [0.25, 0.3) is 10.1 Å². The fraction of sp³-hybridized carbons (Fsp3) is 0.459. The molecule has 0 spiro atoms. The Morgan fingerprint density at radius 3 is 1.65 bits per heavy atom. The second kappa shape index (κ2) is 11.0. The molecule has 4 saturated carbocycles. The average Bonchev–Trinajstić information content (AvgIpc) is 3.04. The highest BCUT2D eigenvalue weighted by Crippen LogP contribution is 2.66. The van der Waals surface area contributed by atoms with Gasteiger partial charge in [-0.15, -0.1) is 0 Å². The van der Waals surface area contributed by atoms with Crippen molar-refractivity contribution in [2.45, 2.75) is 73.6 Å². The maximum atomic E-state index is 14.9. The largest absolute Gasteiger partial charge is 0.464 e. The summed E-state index contributed by atoms with van der Waals surface area (Å²) in [6, 6.07) is 23.0. The van der Waals surface area contributed by atoms with Crippen molar-refractivity contribution in [1.29, 1.82) is 0 Å². The fourth-order valence-electron chi connectivity index (χ4n) is 10.8. The van der Waals surface area contributed by atoms with Crippen molar-refractivity contribution in [3.8, 4) is 0 Å². The molecule has 1 N–H and O–H groups in total. The third kappa shape index (κ3) is 5.06. The molecule has 10 rings (SSSR count). The molecule has 0 heterocycles. The van der Waals surface area contributed by atoms with Crippen LogP contribution in [0, 0.1) is 22.7 Å². The molecule has 0 aliphatic heterocycles. The Morgan fingerprint density at radius 2 is 1.22 bits per heavy atom. The molecular weight excluding hydrogens is 702 g/mol. The molecule has 270 valence electrons. The third-order valence-electron chi connectivity index (χ3n) is 11.9. The molecule has 3 aromatic rings. The van der Waals surface area contributed by atoms with Crippen molar-refractivity contribution in [1.82, 2.24) is 0 Å². The predicted octanol–water partition coefficient (Wildman–Crippen LogP) is 7.25. The van der Waals surface area contributed by atoms with Gasteiger partial charge in [-0.05, 0) is 83.7 Å². The van der Waals surface area contributed by atoms with Crippen LogP contribution in [0.5, 0.6) is 0 Å². The van der Waals surface area contributed by atoms with Crippen LogP contribution in [0.4, 0.5) is 26.3 Å². The lowest BCUT2D eigenvalue weighted by Gasteiger charge is -2.60. The third-order valence-corrected chi connectivity index (χ3v) is 13.1. The highest BCUT2D eigenvalue weighted by molar-refractivity contribution is 7.86. The van der Waals surface area contributed by atoms with Crippen LogP contribution in [0.3, 0.4) is 0 Å². The van der Waals surface area contributed by atoms with E-state index in [-0.39, 0.29) is 43.6 Å². The molecule has 7 aliphatic carbocycles. The van der Waals surface area contributed by atoms with E-state index < -0.39 is 62.0 Å². The van der Waals surface area contributed by atoms with Gasteiger partial charge in [0.1, 0.15) is 5.41 Å². The summed E-state index contributed by atoms with van der Waals surface area (Å²) in [5.41, 5.74) is 1.33. The minimum Gasteiger partial charge on any atom is -0.464 e. The van der Waals surface area contributed by atoms with E-state index in [4.69, 9.17) is 4.74 Å². The monoisotopic (exact) mass is 734 g/mol. The molecule has 0 amide bonds. The van der Waals surface area contributed by atoms with Crippen LogP contribution in [-0.4, -0.2) is 55.2 Å². The molecule has 7 nitrogen and oxygen atoms in total. The molecule has 4 atom stereocenters. The van der Waals surface area contributed by atoms with Crippen LogP contribution in [0.25, 0.3) is 0 Å². The zero-order valence-corrected chi connectivity index (χ0v) is 27.7. The standard InChI is InChI=1S/C37H32F6O7S/c38-36(39,40)29(30(37(41,42)43)51(46,47)48)50-31(44)34-16-20-13-21(17-34)15-33(14-20,18-34)19-49-32(45)35-25-10-4-1-7-22(25)28(23-8-2-5-11-26(23)35)24-9-3-6-12-27(24)35/h1-12,20-21,28-30H,13-19H2,(H,46,47,48). The second-order valence-electron chi connectivity index (χ2n) is 15.1. The summed E-state index contributed by atoms with van der Waals surface area (Å²) >= 11 is 0. The summed E-state index contributed by atoms with van der Waals surface area (Å²) < 4.78 is 126. The highest BCUT2D eigenvalue weighted by atomic mass is 32.2. The van der Waals surface area contributed by atoms with Gasteiger partial charge in [0, 0.05) is 11.3 Å². The van der Waals surface area contributed by atoms with Crippen LogP contribution < -0.4 is 0 Å². The Bertz CT molecular complexity index is 1930. The van der Waals surface area contributed by atoms with Crippen molar-refractivity contribution < 1.29 is 58.4 Å². The molecule has 51 heavy (non-hydrogen) atoms. The zero-order valence-electron chi connectivity index (χ0n) is 26.8. The topological polar surface area (TPSA) is 107 Å². The van der Waals surface area contributed by atoms with Crippen LogP contribution in [-0.2, 0) is 34.6 Å². The quantitative estimate of drug-likeness (QED) is 0.155. The molecule has 3 aromatic carbocycles. The molecular formula is C37H32F6O7S. The smallest absolute Gasteiger partial charge is 0.427 e. The minimum atomic E-state index is -6.40. The lowest BCUT2D eigenvalue weighted by Crippen LogP contribution is -2.60. The predicted molar refractivity (Wildman–Crippen MR) is 168 cm³/mol. The number of rotatable bonds is 7. The summed E-state index contributed by atoms with van der Waals surface area (Å²) in [5.74, 6) is -2.69. The molecule has 7 aliphatic rings. The van der Waals surface area contributed by atoms with Crippen molar-refractivity contribution in [2.75, 3.05) is 6.61 Å². The lowest BCUT2D eigenvalue weighted by atomic mass is 9.44. The molecule has 14 heteroatoms. The van der Waals surface area contributed by atoms with E-state index in [0.717, 1.165) is 33.4 Å². The van der Waals surface area contributed by atoms with Crippen molar-refractivity contribution in [3.05, 3.63) is 106 Å². The molecule has 6 bridgehead atoms. The van der Waals surface area contributed by atoms with Gasteiger partial charge in [-0.1, -0.05) is 72.8 Å². The SMILES string of the molecule is O=C(OC(C(C(F)(F)F)S(=O)(=O)O)C(F)(F)F)C12CC3CC(CC(COC(=O)C45c6ccccc6C(c6ccccc64)c4ccccc45)(C3)C1)C2. The molecule has 0 aromatic heterocycles. The average molecular weight is 735 g/mol. The van der Waals surface area contributed by atoms with Gasteiger partial charge in [0.05, 0.1) is 12.0 Å². The Hall–Kier alpha value is -3.91. The first-order valence-corrected chi connectivity index (χ1v) is 18.2. The van der Waals surface area contributed by atoms with Gasteiger partial charge in [-0.25, -0.2) is 0 Å². The van der Waals surface area contributed by atoms with Crippen LogP contribution in [0.1, 0.15) is 77.8 Å². The number of hydrogen-bond donors (Lipinski definition) is 1. The summed E-state index contributed by atoms with van der Waals surface area (Å²) in [6.07, 6.45) is -14.7. The van der Waals surface area contributed by atoms with Crippen LogP contribution in [0.2, 0.25) is 0 Å². The maximum Gasteiger partial charge on any atom is 0.427 e. The maximum absolute atomic E-state index is 14.9. The summed E-state index contributed by atoms with van der Waals surface area (Å²) in [7, 11) is -6.40. The Balaban J connectivity index is 1.12. The Kier molecular flexibility index (Phi) is 7.41. The highest BCUT2D eigenvalue weighted by Gasteiger charge is 2.67. The molecule has 0 radical (unpaired) electrons. The van der Waals surface area contributed by atoms with Crippen LogP contribution in [0.15, 0.2) is 72.8 Å². The van der Waals surface area contributed by atoms with E-state index in [1.165, 1.54) is 0 Å². The number of carbonyl (C=O) groups excluding carboxylic acids is 2. The second-order valence-corrected chi connectivity index (χ2v) is 16.6. The molecule has 0 saturated heterocycles. The van der Waals surface area contributed by atoms with E-state index in [1.807, 2.05) is 72.8 Å². The van der Waals surface area contributed by atoms with E-state index in [2.05, 4.69) is 4.74 Å². The number of ether oxygens (including phenoxy) is 2. The van der Waals surface area contributed by atoms with Gasteiger partial charge < -0.3 is 9.47 Å². The van der Waals surface area contributed by atoms with Crippen LogP contribution >= 0.6 is 0 Å². The van der Waals surface area contributed by atoms with Crippen molar-refractivity contribution in [2.24, 2.45) is 22.7 Å². The van der Waals surface area contributed by atoms with E-state index >= 15 is 0 Å². The van der Waals surface area contributed by atoms with Gasteiger partial charge in [0.15, 0.2) is 0 Å². The number of halogens is 6. The van der Waals surface area contributed by atoms with E-state index in [9.17, 15) is 48.9 Å². The van der Waals surface area contributed by atoms with Crippen molar-refractivity contribution >= 4 is 22.1 Å². The summed E-state index contributed by atoms with van der Waals surface area (Å²) in [6.45, 7) is -0.190. The summed E-state index contributed by atoms with van der Waals surface area (Å²) in [4.78, 5) is 28.5. The first kappa shape index (κ1) is 34.2. The fourth-order valence-corrected chi connectivity index (χ4v) is 11.6. The lowest BCUT2D eigenvalue weighted by molar-refractivity contribution is -0.257. The Morgan fingerprint density at radius 1 is 0.745 bits per heavy atom. The Labute approximate surface area is 289 Å². The number of alkyl halides is 6. The molecule has 4 unspecified atom stereocenters. The number of carbonyl (C=O) groups is 2. The van der Waals surface area contributed by atoms with Gasteiger partial charge in [-0.3, -0.25) is 14.1 Å². The van der Waals surface area contributed by atoms with Gasteiger partial charge >= 0.3 is 24.3 Å². The van der Waals surface area contributed by atoms with Gasteiger partial charge in [-0.2, -0.15) is 34.8 Å². The first-order chi connectivity index (χ1) is 23.9.